The lowest BCUT2D eigenvalue weighted by atomic mass is 9.76. The van der Waals surface area contributed by atoms with Crippen LogP contribution in [0.5, 0.6) is 0 Å². The van der Waals surface area contributed by atoms with Crippen LogP contribution in [0.4, 0.5) is 4.79 Å². The summed E-state index contributed by atoms with van der Waals surface area (Å²) in [5.41, 5.74) is 0.378. The van der Waals surface area contributed by atoms with Crippen molar-refractivity contribution in [3.63, 3.8) is 0 Å². The summed E-state index contributed by atoms with van der Waals surface area (Å²) in [5.74, 6) is 0. The molecule has 0 bridgehead atoms. The molecule has 2 aliphatic rings. The van der Waals surface area contributed by atoms with E-state index >= 15 is 0 Å². The molecule has 1 saturated heterocycles. The second-order valence-electron chi connectivity index (χ2n) is 13.1. The molecule has 6 nitrogen and oxygen atoms in total. The molecule has 0 radical (unpaired) electrons. The molecule has 0 unspecified atom stereocenters. The van der Waals surface area contributed by atoms with Gasteiger partial charge in [-0.05, 0) is 78.9 Å². The molecule has 1 spiro atoms. The maximum absolute atomic E-state index is 12.9. The molecule has 1 aliphatic heterocycles. The minimum Gasteiger partial charge on any atom is -0.444 e. The van der Waals surface area contributed by atoms with Gasteiger partial charge >= 0.3 is 6.09 Å². The van der Waals surface area contributed by atoms with Crippen molar-refractivity contribution in [3.05, 3.63) is 0 Å². The first kappa shape index (κ1) is 27.5. The average Bonchev–Trinajstić information content (AvgIpc) is 2.87. The molecule has 2 fully saturated rings. The molecule has 2 rings (SSSR count). The zero-order chi connectivity index (χ0) is 24.8. The summed E-state index contributed by atoms with van der Waals surface area (Å²) in [6, 6.07) is 0. The van der Waals surface area contributed by atoms with Crippen LogP contribution >= 0.6 is 0 Å². The first-order valence-corrected chi connectivity index (χ1v) is 15.9. The van der Waals surface area contributed by atoms with Gasteiger partial charge in [0.1, 0.15) is 16.6 Å². The Morgan fingerprint density at radius 2 is 1.59 bits per heavy atom. The summed E-state index contributed by atoms with van der Waals surface area (Å²) >= 11 is 0. The summed E-state index contributed by atoms with van der Waals surface area (Å²) in [4.78, 5) is 14.4. The fourth-order valence-electron chi connectivity index (χ4n) is 4.04. The molecule has 1 saturated carbocycles. The molecule has 1 amide bonds. The number of ether oxygens (including phenoxy) is 1. The predicted molar refractivity (Wildman–Crippen MR) is 136 cm³/mol. The Morgan fingerprint density at radius 1 is 1.06 bits per heavy atom. The smallest absolute Gasteiger partial charge is 0.410 e. The number of amides is 1. The normalized spacial score (nSPS) is 24.8. The topological polar surface area (TPSA) is 68.2 Å². The van der Waals surface area contributed by atoms with E-state index in [4.69, 9.17) is 13.6 Å². The molecular weight excluding hydrogens is 440 g/mol. The van der Waals surface area contributed by atoms with Crippen LogP contribution in [0.3, 0.4) is 0 Å². The van der Waals surface area contributed by atoms with Crippen LogP contribution in [0.2, 0.25) is 18.1 Å². The van der Waals surface area contributed by atoms with Gasteiger partial charge in [0.25, 0.3) is 0 Å². The van der Waals surface area contributed by atoms with Crippen molar-refractivity contribution in [1.82, 2.24) is 4.90 Å². The second kappa shape index (κ2) is 9.14. The van der Waals surface area contributed by atoms with Crippen molar-refractivity contribution in [2.24, 2.45) is 9.81 Å². The fourth-order valence-corrected chi connectivity index (χ4v) is 6.14. The average molecular weight is 487 g/mol. The monoisotopic (exact) mass is 486 g/mol. The molecule has 32 heavy (non-hydrogen) atoms. The van der Waals surface area contributed by atoms with Gasteiger partial charge in [-0.1, -0.05) is 20.8 Å². The molecule has 186 valence electrons. The lowest BCUT2D eigenvalue weighted by molar-refractivity contribution is 0.0143. The van der Waals surface area contributed by atoms with Crippen molar-refractivity contribution in [3.8, 4) is 0 Å². The van der Waals surface area contributed by atoms with Crippen LogP contribution in [-0.2, 0) is 20.1 Å². The van der Waals surface area contributed by atoms with Gasteiger partial charge in [-0.15, -0.1) is 0 Å². The zero-order valence-corrected chi connectivity index (χ0v) is 24.1. The van der Waals surface area contributed by atoms with Crippen molar-refractivity contribution in [2.75, 3.05) is 13.1 Å². The van der Waals surface area contributed by atoms with E-state index in [0.717, 1.165) is 31.4 Å². The van der Waals surface area contributed by atoms with Crippen LogP contribution in [0.25, 0.3) is 0 Å². The highest BCUT2D eigenvalue weighted by atomic mass is 32.2. The van der Waals surface area contributed by atoms with Gasteiger partial charge in [-0.2, -0.15) is 4.40 Å². The number of hydrogen-bond donors (Lipinski definition) is 0. The molecule has 2 atom stereocenters. The van der Waals surface area contributed by atoms with Crippen LogP contribution in [0.1, 0.15) is 88.0 Å². The Labute approximate surface area is 199 Å². The predicted octanol–water partition coefficient (Wildman–Crippen LogP) is 6.09. The van der Waals surface area contributed by atoms with Crippen LogP contribution in [-0.4, -0.2) is 58.8 Å². The van der Waals surface area contributed by atoms with Gasteiger partial charge in [-0.25, -0.2) is 9.00 Å². The van der Waals surface area contributed by atoms with Crippen LogP contribution in [0, 0.1) is 5.41 Å². The standard InChI is InChI=1S/C24H46N2O4SSi/c1-21(2,3)29-20(27)26-14-12-24(13-15-26)17-18(30-32(10,11)23(7,8)9)16-19(24)25-31(28)22(4,5)6/h18H,12-17H2,1-11H3/b25-19+/t18-,31-/m1/s1. The number of hydrogen-bond acceptors (Lipinski definition) is 4. The van der Waals surface area contributed by atoms with Gasteiger partial charge in [0.05, 0.1) is 10.9 Å². The SMILES string of the molecule is CC(C)(C)OC(=O)N1CCC2(CC1)C[C@H](O[Si](C)(C)C(C)(C)C)C/C2=N\[S@](=O)C(C)(C)C. The Morgan fingerprint density at radius 3 is 2.03 bits per heavy atom. The number of rotatable bonds is 3. The quantitative estimate of drug-likeness (QED) is 0.453. The largest absolute Gasteiger partial charge is 0.444 e. The minimum absolute atomic E-state index is 0.0969. The number of piperidine rings is 1. The van der Waals surface area contributed by atoms with E-state index in [2.05, 4.69) is 33.9 Å². The third-order valence-corrected chi connectivity index (χ3v) is 13.0. The third-order valence-electron chi connectivity index (χ3n) is 7.01. The Balaban J connectivity index is 2.25. The molecular formula is C24H46N2O4SSi. The number of carbonyl (C=O) groups is 1. The number of likely N-dealkylation sites (tertiary alicyclic amines) is 1. The Hall–Kier alpha value is -0.733. The number of nitrogens with zero attached hydrogens (tertiary/aromatic N) is 2. The lowest BCUT2D eigenvalue weighted by Gasteiger charge is -2.41. The Bertz CT molecular complexity index is 751. The van der Waals surface area contributed by atoms with Gasteiger partial charge in [0.15, 0.2) is 8.32 Å². The van der Waals surface area contributed by atoms with E-state index in [1.165, 1.54) is 0 Å². The van der Waals surface area contributed by atoms with Crippen molar-refractivity contribution in [2.45, 2.75) is 123 Å². The summed E-state index contributed by atoms with van der Waals surface area (Å²) in [7, 11) is -3.23. The van der Waals surface area contributed by atoms with Gasteiger partial charge in [0.2, 0.25) is 0 Å². The van der Waals surface area contributed by atoms with Crippen molar-refractivity contribution >= 4 is 31.1 Å². The van der Waals surface area contributed by atoms with Crippen LogP contribution in [0.15, 0.2) is 4.40 Å². The first-order valence-electron chi connectivity index (χ1n) is 11.9. The summed E-state index contributed by atoms with van der Waals surface area (Å²) in [6.07, 6.45) is 3.09. The highest BCUT2D eigenvalue weighted by Crippen LogP contribution is 2.48. The maximum atomic E-state index is 12.9. The van der Waals surface area contributed by atoms with Gasteiger partial charge in [0, 0.05) is 30.6 Å². The summed E-state index contributed by atoms with van der Waals surface area (Å²) in [5, 5.41) is 0.133. The molecule has 0 aromatic carbocycles. The maximum Gasteiger partial charge on any atom is 0.410 e. The van der Waals surface area contributed by atoms with E-state index in [0.29, 0.717) is 13.1 Å². The minimum atomic E-state index is -1.93. The molecule has 8 heteroatoms. The van der Waals surface area contributed by atoms with E-state index in [1.807, 2.05) is 41.5 Å². The molecule has 0 aromatic rings. The van der Waals surface area contributed by atoms with Gasteiger partial charge in [-0.3, -0.25) is 0 Å². The van der Waals surface area contributed by atoms with Crippen molar-refractivity contribution in [1.29, 1.82) is 0 Å². The molecule has 0 aromatic heterocycles. The summed E-state index contributed by atoms with van der Waals surface area (Å²) < 4.78 is 29.7. The van der Waals surface area contributed by atoms with E-state index in [-0.39, 0.29) is 22.7 Å². The summed E-state index contributed by atoms with van der Waals surface area (Å²) in [6.45, 7) is 24.2. The number of carbonyl (C=O) groups excluding carboxylic acids is 1. The molecule has 0 N–H and O–H groups in total. The second-order valence-corrected chi connectivity index (χ2v) is 19.7. The Kier molecular flexibility index (Phi) is 7.86. The molecule has 1 heterocycles. The van der Waals surface area contributed by atoms with E-state index in [9.17, 15) is 9.00 Å². The van der Waals surface area contributed by atoms with E-state index < -0.39 is 29.7 Å². The highest BCUT2D eigenvalue weighted by molar-refractivity contribution is 7.85. The highest BCUT2D eigenvalue weighted by Gasteiger charge is 2.50. The zero-order valence-electron chi connectivity index (χ0n) is 22.3. The lowest BCUT2D eigenvalue weighted by Crippen LogP contribution is -2.47. The van der Waals surface area contributed by atoms with E-state index in [1.54, 1.807) is 4.90 Å². The van der Waals surface area contributed by atoms with Crippen molar-refractivity contribution < 1.29 is 18.2 Å². The fraction of sp³-hybridized carbons (Fsp3) is 0.917. The first-order chi connectivity index (χ1) is 14.3. The van der Waals surface area contributed by atoms with Crippen LogP contribution < -0.4 is 0 Å². The third kappa shape index (κ3) is 6.66. The van der Waals surface area contributed by atoms with Gasteiger partial charge < -0.3 is 14.1 Å². The molecule has 1 aliphatic carbocycles.